The largest absolute Gasteiger partial charge is 0.505 e. The lowest BCUT2D eigenvalue weighted by Crippen LogP contribution is -2.13. The molecule has 0 fully saturated rings. The topological polar surface area (TPSA) is 63.3 Å². The molecule has 0 saturated carbocycles. The molecule has 0 aliphatic rings. The highest BCUT2D eigenvalue weighted by Gasteiger charge is 2.20. The maximum atomic E-state index is 12.2. The van der Waals surface area contributed by atoms with Gasteiger partial charge in [-0.15, -0.1) is 0 Å². The number of phenols is 1. The van der Waals surface area contributed by atoms with Gasteiger partial charge in [0.05, 0.1) is 11.3 Å². The number of rotatable bonds is 5. The Morgan fingerprint density at radius 2 is 1.89 bits per heavy atom. The quantitative estimate of drug-likeness (QED) is 0.365. The predicted molar refractivity (Wildman–Crippen MR) is 79.7 cm³/mol. The van der Waals surface area contributed by atoms with E-state index in [1.807, 2.05) is 0 Å². The zero-order valence-electron chi connectivity index (χ0n) is 12.4. The molecular weight excluding hydrogens is 238 g/mol. The summed E-state index contributed by atoms with van der Waals surface area (Å²) in [5.74, 6) is -0.0988. The van der Waals surface area contributed by atoms with Crippen molar-refractivity contribution in [2.75, 3.05) is 5.73 Å². The summed E-state index contributed by atoms with van der Waals surface area (Å²) in [7, 11) is 0. The highest BCUT2D eigenvalue weighted by molar-refractivity contribution is 6.00. The maximum absolute atomic E-state index is 12.2. The lowest BCUT2D eigenvalue weighted by molar-refractivity contribution is 0.0976. The van der Waals surface area contributed by atoms with E-state index in [1.54, 1.807) is 12.1 Å². The predicted octanol–water partition coefficient (Wildman–Crippen LogP) is 4.03. The molecule has 0 unspecified atom stereocenters. The fourth-order valence-electron chi connectivity index (χ4n) is 1.97. The molecular formula is C16H25NO2. The molecule has 0 heterocycles. The highest BCUT2D eigenvalue weighted by Crippen LogP contribution is 2.33. The molecule has 1 aromatic carbocycles. The monoisotopic (exact) mass is 263 g/mol. The molecule has 3 nitrogen and oxygen atoms in total. The Bertz CT molecular complexity index is 459. The van der Waals surface area contributed by atoms with Crippen molar-refractivity contribution in [2.24, 2.45) is 0 Å². The fourth-order valence-corrected chi connectivity index (χ4v) is 1.97. The molecule has 0 bridgehead atoms. The number of phenolic OH excluding ortho intramolecular Hbond substituents is 1. The van der Waals surface area contributed by atoms with Gasteiger partial charge in [-0.25, -0.2) is 0 Å². The summed E-state index contributed by atoms with van der Waals surface area (Å²) in [5, 5.41) is 9.97. The smallest absolute Gasteiger partial charge is 0.166 e. The van der Waals surface area contributed by atoms with Crippen LogP contribution in [-0.2, 0) is 5.41 Å². The number of benzene rings is 1. The summed E-state index contributed by atoms with van der Waals surface area (Å²) in [4.78, 5) is 12.2. The van der Waals surface area contributed by atoms with Crippen LogP contribution in [0.5, 0.6) is 5.75 Å². The Hall–Kier alpha value is -1.51. The van der Waals surface area contributed by atoms with Crippen LogP contribution < -0.4 is 5.73 Å². The second-order valence-corrected chi connectivity index (χ2v) is 6.09. The third kappa shape index (κ3) is 3.98. The Morgan fingerprint density at radius 3 is 2.42 bits per heavy atom. The summed E-state index contributed by atoms with van der Waals surface area (Å²) in [6.07, 6.45) is 3.42. The van der Waals surface area contributed by atoms with Crippen molar-refractivity contribution in [2.45, 2.75) is 58.8 Å². The molecule has 1 aromatic rings. The Balaban J connectivity index is 3.06. The van der Waals surface area contributed by atoms with E-state index in [0.717, 1.165) is 24.8 Å². The van der Waals surface area contributed by atoms with Crippen LogP contribution in [0.25, 0.3) is 0 Å². The number of carbonyl (C=O) groups excluding carboxylic acids is 1. The van der Waals surface area contributed by atoms with Crippen LogP contribution in [0.15, 0.2) is 12.1 Å². The van der Waals surface area contributed by atoms with Crippen molar-refractivity contribution in [3.05, 3.63) is 23.3 Å². The molecule has 1 rings (SSSR count). The number of anilines is 1. The van der Waals surface area contributed by atoms with E-state index in [9.17, 15) is 9.90 Å². The van der Waals surface area contributed by atoms with E-state index >= 15 is 0 Å². The van der Waals surface area contributed by atoms with E-state index in [1.165, 1.54) is 0 Å². The van der Waals surface area contributed by atoms with Gasteiger partial charge in [0.15, 0.2) is 5.78 Å². The Labute approximate surface area is 115 Å². The average Bonchev–Trinajstić information content (AvgIpc) is 2.31. The number of nitrogens with two attached hydrogens (primary N) is 1. The molecule has 0 saturated heterocycles. The number of nitrogen functional groups attached to an aromatic ring is 1. The normalized spacial score (nSPS) is 11.6. The average molecular weight is 263 g/mol. The molecule has 0 aliphatic heterocycles. The van der Waals surface area contributed by atoms with Gasteiger partial charge in [0.2, 0.25) is 0 Å². The first kappa shape index (κ1) is 15.5. The number of carbonyl (C=O) groups is 1. The van der Waals surface area contributed by atoms with Crippen LogP contribution in [0, 0.1) is 0 Å². The van der Waals surface area contributed by atoms with Crippen LogP contribution in [0.3, 0.4) is 0 Å². The maximum Gasteiger partial charge on any atom is 0.166 e. The number of aromatic hydroxyl groups is 1. The van der Waals surface area contributed by atoms with Gasteiger partial charge in [0.1, 0.15) is 5.75 Å². The molecule has 0 radical (unpaired) electrons. The van der Waals surface area contributed by atoms with Gasteiger partial charge in [-0.05, 0) is 29.5 Å². The molecule has 0 spiro atoms. The molecule has 3 N–H and O–H groups in total. The third-order valence-corrected chi connectivity index (χ3v) is 3.31. The second kappa shape index (κ2) is 6.09. The van der Waals surface area contributed by atoms with Crippen molar-refractivity contribution in [3.63, 3.8) is 0 Å². The van der Waals surface area contributed by atoms with Crippen LogP contribution in [0.1, 0.15) is 69.3 Å². The molecule has 0 aliphatic carbocycles. The first-order chi connectivity index (χ1) is 8.77. The van der Waals surface area contributed by atoms with E-state index in [2.05, 4.69) is 27.7 Å². The number of ketones is 1. The van der Waals surface area contributed by atoms with E-state index in [4.69, 9.17) is 5.73 Å². The van der Waals surface area contributed by atoms with Crippen molar-refractivity contribution in [3.8, 4) is 5.75 Å². The van der Waals surface area contributed by atoms with E-state index < -0.39 is 0 Å². The van der Waals surface area contributed by atoms with E-state index in [0.29, 0.717) is 12.0 Å². The zero-order chi connectivity index (χ0) is 14.6. The van der Waals surface area contributed by atoms with E-state index in [-0.39, 0.29) is 22.6 Å². The molecule has 19 heavy (non-hydrogen) atoms. The minimum Gasteiger partial charge on any atom is -0.505 e. The summed E-state index contributed by atoms with van der Waals surface area (Å²) in [6.45, 7) is 8.28. The second-order valence-electron chi connectivity index (χ2n) is 6.09. The number of hydrogen-bond acceptors (Lipinski definition) is 3. The standard InChI is InChI=1S/C16H25NO2/c1-5-6-7-8-14(18)12-9-11(16(2,3)4)10-13(17)15(12)19/h9-10,19H,5-8,17H2,1-4H3. The number of unbranched alkanes of at least 4 members (excludes halogenated alkanes) is 2. The molecule has 0 aromatic heterocycles. The van der Waals surface area contributed by atoms with Gasteiger partial charge in [0.25, 0.3) is 0 Å². The van der Waals surface area contributed by atoms with Crippen LogP contribution in [0.4, 0.5) is 5.69 Å². The first-order valence-electron chi connectivity index (χ1n) is 6.93. The third-order valence-electron chi connectivity index (χ3n) is 3.31. The van der Waals surface area contributed by atoms with Crippen molar-refractivity contribution >= 4 is 11.5 Å². The van der Waals surface area contributed by atoms with Gasteiger partial charge in [-0.3, -0.25) is 4.79 Å². The first-order valence-corrected chi connectivity index (χ1v) is 6.93. The molecule has 0 atom stereocenters. The van der Waals surface area contributed by atoms with Gasteiger partial charge in [0, 0.05) is 6.42 Å². The highest BCUT2D eigenvalue weighted by atomic mass is 16.3. The van der Waals surface area contributed by atoms with Gasteiger partial charge in [-0.1, -0.05) is 40.5 Å². The van der Waals surface area contributed by atoms with Crippen LogP contribution >= 0.6 is 0 Å². The summed E-state index contributed by atoms with van der Waals surface area (Å²) in [5.41, 5.74) is 7.33. The molecule has 106 valence electrons. The van der Waals surface area contributed by atoms with Gasteiger partial charge in [-0.2, -0.15) is 0 Å². The lowest BCUT2D eigenvalue weighted by Gasteiger charge is -2.21. The summed E-state index contributed by atoms with van der Waals surface area (Å²) >= 11 is 0. The SMILES string of the molecule is CCCCCC(=O)c1cc(C(C)(C)C)cc(N)c1O. The minimum atomic E-state index is -0.0970. The van der Waals surface area contributed by atoms with Crippen molar-refractivity contribution in [1.82, 2.24) is 0 Å². The van der Waals surface area contributed by atoms with Crippen LogP contribution in [0.2, 0.25) is 0 Å². The zero-order valence-corrected chi connectivity index (χ0v) is 12.4. The lowest BCUT2D eigenvalue weighted by atomic mass is 9.84. The van der Waals surface area contributed by atoms with Crippen molar-refractivity contribution in [1.29, 1.82) is 0 Å². The molecule has 3 heteroatoms. The van der Waals surface area contributed by atoms with Gasteiger partial charge < -0.3 is 10.8 Å². The minimum absolute atomic E-state index is 0.0243. The van der Waals surface area contributed by atoms with Gasteiger partial charge >= 0.3 is 0 Å². The number of hydrogen-bond donors (Lipinski definition) is 2. The molecule has 0 amide bonds. The Kier molecular flexibility index (Phi) is 4.98. The Morgan fingerprint density at radius 1 is 1.26 bits per heavy atom. The summed E-state index contributed by atoms with van der Waals surface area (Å²) in [6, 6.07) is 3.53. The number of Topliss-reactive ketones (excluding diaryl/α,β-unsaturated/α-hetero) is 1. The van der Waals surface area contributed by atoms with Crippen molar-refractivity contribution < 1.29 is 9.90 Å². The summed E-state index contributed by atoms with van der Waals surface area (Å²) < 4.78 is 0. The fraction of sp³-hybridized carbons (Fsp3) is 0.562. The van der Waals surface area contributed by atoms with Crippen LogP contribution in [-0.4, -0.2) is 10.9 Å².